The second-order valence-electron chi connectivity index (χ2n) is 6.22. The van der Waals surface area contributed by atoms with Gasteiger partial charge in [0.15, 0.2) is 21.3 Å². The molecular weight excluding hydrogens is 432 g/mol. The molecule has 1 amide bonds. The number of nitrogens with one attached hydrogen (secondary N) is 3. The first-order chi connectivity index (χ1) is 14.7. The van der Waals surface area contributed by atoms with Gasteiger partial charge in [0.25, 0.3) is 12.3 Å². The first-order valence-electron chi connectivity index (χ1n) is 8.72. The van der Waals surface area contributed by atoms with Crippen LogP contribution in [0, 0.1) is 0 Å². The van der Waals surface area contributed by atoms with E-state index in [1.54, 1.807) is 0 Å². The van der Waals surface area contributed by atoms with E-state index < -0.39 is 22.2 Å². The lowest BCUT2D eigenvalue weighted by atomic mass is 10.2. The molecule has 13 heteroatoms. The third kappa shape index (κ3) is 5.25. The smallest absolute Gasteiger partial charge is 0.273 e. The Kier molecular flexibility index (Phi) is 6.34. The minimum Gasteiger partial charge on any atom is -0.354 e. The minimum atomic E-state index is -3.61. The van der Waals surface area contributed by atoms with Gasteiger partial charge in [0.05, 0.1) is 5.69 Å². The van der Waals surface area contributed by atoms with Crippen LogP contribution in [0.4, 0.5) is 31.9 Å². The van der Waals surface area contributed by atoms with Crippen LogP contribution in [-0.4, -0.2) is 47.8 Å². The Hall–Kier alpha value is -3.74. The SMILES string of the molecule is CNC(=O)c1nnc(Nc2ccc(C(F)F)cn2)cc1Nc1ncccc1S(C)(=O)=O. The number of sulfone groups is 1. The summed E-state index contributed by atoms with van der Waals surface area (Å²) in [5.74, 6) is -0.234. The number of amides is 1. The Morgan fingerprint density at radius 2 is 1.84 bits per heavy atom. The summed E-state index contributed by atoms with van der Waals surface area (Å²) in [6.07, 6.45) is 0.789. The molecule has 0 bridgehead atoms. The van der Waals surface area contributed by atoms with Crippen molar-refractivity contribution in [3.63, 3.8) is 0 Å². The second-order valence-corrected chi connectivity index (χ2v) is 8.20. The standard InChI is InChI=1S/C18H17F2N7O3S/c1-21-18(28)15-11(24-17-12(31(2,29)30)4-3-7-22-17)8-14(26-27-15)25-13-6-5-10(9-23-13)16(19)20/h3-9,16H,1-2H3,(H,21,28)(H2,22,23,24,25,26). The fourth-order valence-corrected chi connectivity index (χ4v) is 3.27. The molecule has 0 saturated carbocycles. The molecule has 3 rings (SSSR count). The molecule has 3 N–H and O–H groups in total. The Labute approximate surface area is 176 Å². The summed E-state index contributed by atoms with van der Waals surface area (Å²) in [5.41, 5.74) is -0.235. The maximum Gasteiger partial charge on any atom is 0.273 e. The summed E-state index contributed by atoms with van der Waals surface area (Å²) < 4.78 is 49.4. The van der Waals surface area contributed by atoms with Gasteiger partial charge in [0.1, 0.15) is 16.5 Å². The first kappa shape index (κ1) is 22.0. The van der Waals surface area contributed by atoms with Crippen molar-refractivity contribution in [2.24, 2.45) is 0 Å². The highest BCUT2D eigenvalue weighted by atomic mass is 32.2. The van der Waals surface area contributed by atoms with Crippen LogP contribution in [-0.2, 0) is 9.84 Å². The molecule has 0 atom stereocenters. The predicted molar refractivity (Wildman–Crippen MR) is 109 cm³/mol. The molecule has 0 unspecified atom stereocenters. The zero-order chi connectivity index (χ0) is 22.6. The molecule has 31 heavy (non-hydrogen) atoms. The molecule has 0 aliphatic heterocycles. The zero-order valence-corrected chi connectivity index (χ0v) is 17.1. The summed E-state index contributed by atoms with van der Waals surface area (Å²) in [4.78, 5) is 20.0. The average molecular weight is 449 g/mol. The lowest BCUT2D eigenvalue weighted by Gasteiger charge is -2.13. The number of rotatable bonds is 7. The molecule has 3 heterocycles. The van der Waals surface area contributed by atoms with Gasteiger partial charge in [0, 0.05) is 37.3 Å². The molecule has 3 aromatic rings. The van der Waals surface area contributed by atoms with Gasteiger partial charge in [-0.2, -0.15) is 0 Å². The van der Waals surface area contributed by atoms with Gasteiger partial charge in [-0.15, -0.1) is 10.2 Å². The van der Waals surface area contributed by atoms with E-state index in [1.165, 1.54) is 43.6 Å². The number of alkyl halides is 2. The summed E-state index contributed by atoms with van der Waals surface area (Å²) in [6, 6.07) is 6.77. The van der Waals surface area contributed by atoms with Gasteiger partial charge < -0.3 is 16.0 Å². The largest absolute Gasteiger partial charge is 0.354 e. The number of carbonyl (C=O) groups is 1. The number of anilines is 4. The molecule has 162 valence electrons. The molecule has 3 aromatic heterocycles. The summed E-state index contributed by atoms with van der Waals surface area (Å²) >= 11 is 0. The van der Waals surface area contributed by atoms with Crippen molar-refractivity contribution < 1.29 is 22.0 Å². The van der Waals surface area contributed by atoms with Crippen LogP contribution in [0.2, 0.25) is 0 Å². The van der Waals surface area contributed by atoms with Crippen molar-refractivity contribution in [2.45, 2.75) is 11.3 Å². The molecule has 0 spiro atoms. The Balaban J connectivity index is 1.98. The van der Waals surface area contributed by atoms with E-state index in [0.717, 1.165) is 12.5 Å². The summed E-state index contributed by atoms with van der Waals surface area (Å²) in [7, 11) is -2.21. The van der Waals surface area contributed by atoms with Gasteiger partial charge in [0.2, 0.25) is 0 Å². The van der Waals surface area contributed by atoms with E-state index in [9.17, 15) is 22.0 Å². The minimum absolute atomic E-state index is 0.00601. The molecule has 0 saturated heterocycles. The zero-order valence-electron chi connectivity index (χ0n) is 16.3. The lowest BCUT2D eigenvalue weighted by molar-refractivity contribution is 0.0958. The highest BCUT2D eigenvalue weighted by Gasteiger charge is 2.19. The molecule has 0 aliphatic carbocycles. The van der Waals surface area contributed by atoms with Crippen LogP contribution in [0.25, 0.3) is 0 Å². The highest BCUT2D eigenvalue weighted by molar-refractivity contribution is 7.90. The maximum atomic E-state index is 12.7. The van der Waals surface area contributed by atoms with Crippen LogP contribution in [0.1, 0.15) is 22.5 Å². The number of aromatic nitrogens is 4. The van der Waals surface area contributed by atoms with E-state index in [4.69, 9.17) is 0 Å². The quantitative estimate of drug-likeness (QED) is 0.496. The number of pyridine rings is 2. The third-order valence-electron chi connectivity index (χ3n) is 3.95. The summed E-state index contributed by atoms with van der Waals surface area (Å²) in [5, 5.41) is 15.8. The lowest BCUT2D eigenvalue weighted by Crippen LogP contribution is -2.22. The number of hydrogen-bond donors (Lipinski definition) is 3. The molecule has 0 radical (unpaired) electrons. The average Bonchev–Trinajstić information content (AvgIpc) is 2.73. The topological polar surface area (TPSA) is 139 Å². The Bertz CT molecular complexity index is 1210. The maximum absolute atomic E-state index is 12.7. The fourth-order valence-electron chi connectivity index (χ4n) is 2.48. The molecule has 0 aliphatic rings. The van der Waals surface area contributed by atoms with Gasteiger partial charge in [-0.3, -0.25) is 4.79 Å². The van der Waals surface area contributed by atoms with E-state index in [2.05, 4.69) is 36.1 Å². The van der Waals surface area contributed by atoms with Crippen molar-refractivity contribution in [1.29, 1.82) is 0 Å². The Morgan fingerprint density at radius 3 is 2.45 bits per heavy atom. The number of hydrogen-bond acceptors (Lipinski definition) is 9. The van der Waals surface area contributed by atoms with Crippen LogP contribution < -0.4 is 16.0 Å². The van der Waals surface area contributed by atoms with Crippen LogP contribution in [0.5, 0.6) is 0 Å². The van der Waals surface area contributed by atoms with Gasteiger partial charge >= 0.3 is 0 Å². The van der Waals surface area contributed by atoms with Crippen LogP contribution >= 0.6 is 0 Å². The number of nitrogens with zero attached hydrogens (tertiary/aromatic N) is 4. The molecule has 0 aromatic carbocycles. The third-order valence-corrected chi connectivity index (χ3v) is 5.08. The van der Waals surface area contributed by atoms with Crippen molar-refractivity contribution in [3.8, 4) is 0 Å². The van der Waals surface area contributed by atoms with Gasteiger partial charge in [-0.1, -0.05) is 0 Å². The van der Waals surface area contributed by atoms with Crippen molar-refractivity contribution in [3.05, 3.63) is 54.0 Å². The second kappa shape index (κ2) is 8.95. The van der Waals surface area contributed by atoms with Gasteiger partial charge in [-0.05, 0) is 24.3 Å². The van der Waals surface area contributed by atoms with E-state index >= 15 is 0 Å². The van der Waals surface area contributed by atoms with Crippen molar-refractivity contribution >= 4 is 38.9 Å². The highest BCUT2D eigenvalue weighted by Crippen LogP contribution is 2.26. The van der Waals surface area contributed by atoms with E-state index in [0.29, 0.717) is 0 Å². The van der Waals surface area contributed by atoms with Crippen LogP contribution in [0.3, 0.4) is 0 Å². The van der Waals surface area contributed by atoms with E-state index in [1.807, 2.05) is 0 Å². The normalized spacial score (nSPS) is 11.3. The Morgan fingerprint density at radius 1 is 1.06 bits per heavy atom. The van der Waals surface area contributed by atoms with E-state index in [-0.39, 0.29) is 39.3 Å². The molecule has 0 fully saturated rings. The van der Waals surface area contributed by atoms with Crippen molar-refractivity contribution in [1.82, 2.24) is 25.5 Å². The monoisotopic (exact) mass is 449 g/mol. The first-order valence-corrected chi connectivity index (χ1v) is 10.6. The fraction of sp³-hybridized carbons (Fsp3) is 0.167. The predicted octanol–water partition coefficient (Wildman–Crippen LogP) is 2.45. The number of halogens is 2. The van der Waals surface area contributed by atoms with Gasteiger partial charge in [-0.25, -0.2) is 27.2 Å². The number of carbonyl (C=O) groups excluding carboxylic acids is 1. The van der Waals surface area contributed by atoms with Crippen LogP contribution in [0.15, 0.2) is 47.6 Å². The summed E-state index contributed by atoms with van der Waals surface area (Å²) in [6.45, 7) is 0. The molecule has 10 nitrogen and oxygen atoms in total. The van der Waals surface area contributed by atoms with Crippen molar-refractivity contribution in [2.75, 3.05) is 23.9 Å². The molecular formula is C18H17F2N7O3S.